The van der Waals surface area contributed by atoms with E-state index < -0.39 is 129 Å². The molecule has 15 atom stereocenters. The summed E-state index contributed by atoms with van der Waals surface area (Å²) >= 11 is 0. The van der Waals surface area contributed by atoms with Crippen molar-refractivity contribution in [3.63, 3.8) is 0 Å². The Morgan fingerprint density at radius 2 is 0.894 bits per heavy atom. The van der Waals surface area contributed by atoms with E-state index in [1.54, 1.807) is 0 Å². The highest BCUT2D eigenvalue weighted by atomic mass is 16.6. The standard InChI is InChI=1S/C28H49N3O16/c1-11(35)29-21-19(9-44-8-15-17(5-33)47-28(42)23(25(15)39)31-13(3)37)45-16(4-32)14(24(21)38)7-43-10-20-22(30-12(2)36)27(41)26(40)18(6-34)46-20/h14-28,32-34,38-42H,4-10H2,1-3H3,(H,29,35)(H,30,36)(H,31,37)/t14-,15-,16?,17?,18?,19+,20+,21?,22?,23?,24-,25-,26-,27+,28-/m1/s1. The zero-order valence-corrected chi connectivity index (χ0v) is 26.5. The molecule has 0 aromatic heterocycles. The predicted molar refractivity (Wildman–Crippen MR) is 155 cm³/mol. The van der Waals surface area contributed by atoms with Crippen LogP contribution in [0, 0.1) is 11.8 Å². The van der Waals surface area contributed by atoms with Gasteiger partial charge in [-0.05, 0) is 0 Å². The highest BCUT2D eigenvalue weighted by molar-refractivity contribution is 5.74. The molecule has 0 bridgehead atoms. The Morgan fingerprint density at radius 3 is 1.34 bits per heavy atom. The van der Waals surface area contributed by atoms with E-state index in [9.17, 15) is 55.2 Å². The summed E-state index contributed by atoms with van der Waals surface area (Å²) < 4.78 is 28.6. The number of hydrogen-bond acceptors (Lipinski definition) is 16. The Labute approximate surface area is 271 Å². The van der Waals surface area contributed by atoms with Crippen molar-refractivity contribution in [3.05, 3.63) is 0 Å². The monoisotopic (exact) mass is 683 g/mol. The van der Waals surface area contributed by atoms with Crippen LogP contribution in [0.15, 0.2) is 0 Å². The van der Waals surface area contributed by atoms with Crippen molar-refractivity contribution < 1.29 is 78.9 Å². The summed E-state index contributed by atoms with van der Waals surface area (Å²) in [5.74, 6) is -3.37. The number of nitrogens with one attached hydrogen (secondary N) is 3. The van der Waals surface area contributed by atoms with Crippen molar-refractivity contribution in [2.75, 3.05) is 46.2 Å². The molecule has 272 valence electrons. The van der Waals surface area contributed by atoms with Crippen molar-refractivity contribution in [3.8, 4) is 0 Å². The van der Waals surface area contributed by atoms with Crippen LogP contribution in [0.4, 0.5) is 0 Å². The van der Waals surface area contributed by atoms with Gasteiger partial charge in [-0.1, -0.05) is 0 Å². The van der Waals surface area contributed by atoms with Crippen molar-refractivity contribution in [1.29, 1.82) is 0 Å². The van der Waals surface area contributed by atoms with Crippen LogP contribution >= 0.6 is 0 Å². The number of aliphatic hydroxyl groups is 8. The van der Waals surface area contributed by atoms with Gasteiger partial charge in [0.25, 0.3) is 0 Å². The average molecular weight is 684 g/mol. The molecule has 3 heterocycles. The second kappa shape index (κ2) is 18.0. The van der Waals surface area contributed by atoms with E-state index in [4.69, 9.17) is 23.7 Å². The lowest BCUT2D eigenvalue weighted by Crippen LogP contribution is -2.65. The van der Waals surface area contributed by atoms with Crippen LogP contribution in [-0.2, 0) is 38.1 Å². The van der Waals surface area contributed by atoms with E-state index >= 15 is 0 Å². The number of aliphatic hydroxyl groups excluding tert-OH is 8. The van der Waals surface area contributed by atoms with Crippen LogP contribution < -0.4 is 16.0 Å². The highest BCUT2D eigenvalue weighted by Crippen LogP contribution is 2.30. The number of rotatable bonds is 14. The largest absolute Gasteiger partial charge is 0.394 e. The first kappa shape index (κ1) is 39.3. The topological polar surface area (TPSA) is 295 Å². The van der Waals surface area contributed by atoms with Crippen LogP contribution in [0.2, 0.25) is 0 Å². The van der Waals surface area contributed by atoms with Gasteiger partial charge in [0.05, 0.1) is 82.7 Å². The lowest BCUT2D eigenvalue weighted by Gasteiger charge is -2.46. The maximum Gasteiger partial charge on any atom is 0.217 e. The summed E-state index contributed by atoms with van der Waals surface area (Å²) in [7, 11) is 0. The Morgan fingerprint density at radius 1 is 0.511 bits per heavy atom. The molecule has 0 radical (unpaired) electrons. The minimum Gasteiger partial charge on any atom is -0.394 e. The highest BCUT2D eigenvalue weighted by Gasteiger charge is 2.48. The van der Waals surface area contributed by atoms with E-state index in [0.717, 1.165) is 0 Å². The molecule has 0 spiro atoms. The summed E-state index contributed by atoms with van der Waals surface area (Å²) in [6.07, 6.45) is -12.5. The van der Waals surface area contributed by atoms with Crippen molar-refractivity contribution >= 4 is 17.7 Å². The van der Waals surface area contributed by atoms with E-state index in [1.165, 1.54) is 20.8 Å². The zero-order chi connectivity index (χ0) is 35.0. The zero-order valence-electron chi connectivity index (χ0n) is 26.5. The SMILES string of the molecule is CC(=O)NC1[C@H](COC[C@@H]2C(CO)O[C@@H](COC[C@@H]3C(CO)O[C@@H](O)C(NC(C)=O)[C@@H]3O)C(NC(C)=O)[C@@H]2O)OC(CO)[C@@H](O)[C@H]1O. The molecule has 47 heavy (non-hydrogen) atoms. The molecule has 3 saturated heterocycles. The van der Waals surface area contributed by atoms with Gasteiger partial charge in [0.15, 0.2) is 6.29 Å². The van der Waals surface area contributed by atoms with E-state index in [1.807, 2.05) is 0 Å². The van der Waals surface area contributed by atoms with Gasteiger partial charge in [0, 0.05) is 32.6 Å². The first-order valence-corrected chi connectivity index (χ1v) is 15.4. The number of ether oxygens (including phenoxy) is 5. The summed E-state index contributed by atoms with van der Waals surface area (Å²) in [5.41, 5.74) is 0. The second-order valence-electron chi connectivity index (χ2n) is 12.1. The lowest BCUT2D eigenvalue weighted by molar-refractivity contribution is -0.248. The fourth-order valence-electron chi connectivity index (χ4n) is 6.24. The Bertz CT molecular complexity index is 1030. The molecule has 0 aliphatic carbocycles. The second-order valence-corrected chi connectivity index (χ2v) is 12.1. The third-order valence-electron chi connectivity index (χ3n) is 8.62. The molecule has 3 aliphatic rings. The molecule has 3 rings (SSSR count). The van der Waals surface area contributed by atoms with E-state index in [0.29, 0.717) is 0 Å². The molecule has 3 amide bonds. The molecule has 3 aliphatic heterocycles. The summed E-state index contributed by atoms with van der Waals surface area (Å²) in [6, 6.07) is -3.35. The molecular weight excluding hydrogens is 634 g/mol. The van der Waals surface area contributed by atoms with Crippen LogP contribution in [0.25, 0.3) is 0 Å². The summed E-state index contributed by atoms with van der Waals surface area (Å²) in [5, 5.41) is 90.0. The number of amides is 3. The van der Waals surface area contributed by atoms with Gasteiger partial charge in [0.2, 0.25) is 17.7 Å². The maximum atomic E-state index is 12.1. The van der Waals surface area contributed by atoms with E-state index in [2.05, 4.69) is 16.0 Å². The van der Waals surface area contributed by atoms with Gasteiger partial charge >= 0.3 is 0 Å². The fraction of sp³-hybridized carbons (Fsp3) is 0.893. The van der Waals surface area contributed by atoms with Gasteiger partial charge in [-0.15, -0.1) is 0 Å². The van der Waals surface area contributed by atoms with Crippen LogP contribution in [0.3, 0.4) is 0 Å². The molecule has 19 heteroatoms. The first-order valence-electron chi connectivity index (χ1n) is 15.4. The molecule has 6 unspecified atom stereocenters. The summed E-state index contributed by atoms with van der Waals surface area (Å²) in [4.78, 5) is 35.3. The lowest BCUT2D eigenvalue weighted by atomic mass is 9.85. The Balaban J connectivity index is 1.66. The quantitative estimate of drug-likeness (QED) is 0.0811. The van der Waals surface area contributed by atoms with Gasteiger partial charge in [-0.25, -0.2) is 0 Å². The number of carbonyl (C=O) groups excluding carboxylic acids is 3. The first-order chi connectivity index (χ1) is 22.2. The van der Waals surface area contributed by atoms with Gasteiger partial charge in [-0.2, -0.15) is 0 Å². The minimum absolute atomic E-state index is 0.248. The molecule has 0 aromatic rings. The van der Waals surface area contributed by atoms with E-state index in [-0.39, 0.29) is 26.4 Å². The van der Waals surface area contributed by atoms with Crippen LogP contribution in [-0.4, -0.2) is 184 Å². The molecule has 0 saturated carbocycles. The van der Waals surface area contributed by atoms with Crippen molar-refractivity contribution in [2.45, 2.75) is 100 Å². The third kappa shape index (κ3) is 9.97. The third-order valence-corrected chi connectivity index (χ3v) is 8.62. The average Bonchev–Trinajstić information content (AvgIpc) is 3.01. The molecule has 0 aromatic carbocycles. The van der Waals surface area contributed by atoms with Crippen molar-refractivity contribution in [2.24, 2.45) is 11.8 Å². The van der Waals surface area contributed by atoms with Gasteiger partial charge < -0.3 is 80.5 Å². The molecule has 11 N–H and O–H groups in total. The Hall–Kier alpha value is -2.11. The van der Waals surface area contributed by atoms with Gasteiger partial charge in [-0.3, -0.25) is 14.4 Å². The molecular formula is C28H49N3O16. The number of carbonyl (C=O) groups is 3. The van der Waals surface area contributed by atoms with Crippen LogP contribution in [0.5, 0.6) is 0 Å². The molecule has 19 nitrogen and oxygen atoms in total. The predicted octanol–water partition coefficient (Wildman–Crippen LogP) is -6.56. The van der Waals surface area contributed by atoms with Crippen LogP contribution in [0.1, 0.15) is 20.8 Å². The Kier molecular flexibility index (Phi) is 15.1. The normalized spacial score (nSPS) is 40.8. The van der Waals surface area contributed by atoms with Crippen molar-refractivity contribution in [1.82, 2.24) is 16.0 Å². The summed E-state index contributed by atoms with van der Waals surface area (Å²) in [6.45, 7) is 0.839. The number of hydrogen-bond donors (Lipinski definition) is 11. The fourth-order valence-corrected chi connectivity index (χ4v) is 6.24. The minimum atomic E-state index is -1.58. The maximum absolute atomic E-state index is 12.1. The van der Waals surface area contributed by atoms with Gasteiger partial charge in [0.1, 0.15) is 36.6 Å². The molecule has 3 fully saturated rings. The smallest absolute Gasteiger partial charge is 0.217 e.